The molecule has 4 aliphatic heterocycles. The van der Waals surface area contributed by atoms with Gasteiger partial charge in [-0.05, 0) is 79.1 Å². The van der Waals surface area contributed by atoms with Gasteiger partial charge in [-0.1, -0.05) is 6.07 Å². The summed E-state index contributed by atoms with van der Waals surface area (Å²) in [5, 5.41) is 15.6. The number of hydrogen-bond donors (Lipinski definition) is 2. The second-order valence-electron chi connectivity index (χ2n) is 13.6. The summed E-state index contributed by atoms with van der Waals surface area (Å²) in [4.78, 5) is 18.4. The molecule has 4 aromatic rings. The summed E-state index contributed by atoms with van der Waals surface area (Å²) >= 11 is 0. The Bertz CT molecular complexity index is 1890. The Hall–Kier alpha value is -3.90. The maximum absolute atomic E-state index is 17.1. The van der Waals surface area contributed by atoms with Crippen LogP contribution in [0.4, 0.5) is 19.0 Å². The summed E-state index contributed by atoms with van der Waals surface area (Å²) in [6.45, 7) is 3.66. The van der Waals surface area contributed by atoms with Crippen LogP contribution in [0.2, 0.25) is 0 Å². The van der Waals surface area contributed by atoms with Crippen molar-refractivity contribution < 1.29 is 27.8 Å². The Kier molecular flexibility index (Phi) is 6.51. The van der Waals surface area contributed by atoms with Crippen LogP contribution in [-0.2, 0) is 6.42 Å². The number of rotatable bonds is 6. The van der Waals surface area contributed by atoms with Gasteiger partial charge in [0.2, 0.25) is 5.88 Å². The molecule has 2 aromatic carbocycles. The van der Waals surface area contributed by atoms with E-state index in [0.29, 0.717) is 72.5 Å². The summed E-state index contributed by atoms with van der Waals surface area (Å²) in [5.74, 6) is -0.159. The Morgan fingerprint density at radius 3 is 2.87 bits per heavy atom. The largest absolute Gasteiger partial charge is 0.508 e. The van der Waals surface area contributed by atoms with Gasteiger partial charge in [-0.2, -0.15) is 9.97 Å². The SMILES string of the molecule is Oc1cc(-c2nc3c4c(nc(OC[C@@]56CCCN5C[C@H](F)C6)nc4c2F)N2CCNC[C@H]2CO3)c2c(CC3CC3)c(F)ccc2c1. The van der Waals surface area contributed by atoms with E-state index < -0.39 is 17.5 Å². The summed E-state index contributed by atoms with van der Waals surface area (Å²) in [5.41, 5.74) is 0.225. The van der Waals surface area contributed by atoms with Crippen molar-refractivity contribution in [2.45, 2.75) is 56.3 Å². The average molecular weight is 633 g/mol. The van der Waals surface area contributed by atoms with Crippen LogP contribution in [0.15, 0.2) is 24.3 Å². The molecule has 0 spiro atoms. The highest BCUT2D eigenvalue weighted by molar-refractivity contribution is 6.03. The van der Waals surface area contributed by atoms with Crippen LogP contribution in [-0.4, -0.2) is 88.6 Å². The number of anilines is 1. The number of benzene rings is 2. The van der Waals surface area contributed by atoms with Gasteiger partial charge in [-0.3, -0.25) is 4.90 Å². The second kappa shape index (κ2) is 10.6. The molecule has 5 aliphatic rings. The van der Waals surface area contributed by atoms with Gasteiger partial charge in [0.1, 0.15) is 53.4 Å². The van der Waals surface area contributed by atoms with E-state index in [1.54, 1.807) is 12.1 Å². The van der Waals surface area contributed by atoms with Crippen molar-refractivity contribution >= 4 is 27.5 Å². The molecule has 2 aromatic heterocycles. The fraction of sp³-hybridized carbons (Fsp3) is 0.500. The van der Waals surface area contributed by atoms with Crippen molar-refractivity contribution in [2.24, 2.45) is 5.92 Å². The molecule has 9 rings (SSSR count). The minimum absolute atomic E-state index is 0.00782. The molecule has 0 unspecified atom stereocenters. The fourth-order valence-corrected chi connectivity index (χ4v) is 8.17. The number of aromatic hydroxyl groups is 1. The molecule has 3 atom stereocenters. The van der Waals surface area contributed by atoms with E-state index in [-0.39, 0.29) is 59.5 Å². The minimum atomic E-state index is -0.912. The third-order valence-electron chi connectivity index (χ3n) is 10.6. The summed E-state index contributed by atoms with van der Waals surface area (Å²) in [6, 6.07) is 5.92. The number of nitrogens with zero attached hydrogens (tertiary/aromatic N) is 5. The minimum Gasteiger partial charge on any atom is -0.508 e. The first kappa shape index (κ1) is 28.3. The van der Waals surface area contributed by atoms with Crippen molar-refractivity contribution in [1.82, 2.24) is 25.2 Å². The highest BCUT2D eigenvalue weighted by Gasteiger charge is 2.49. The number of piperazine rings is 1. The van der Waals surface area contributed by atoms with Crippen molar-refractivity contribution in [1.29, 1.82) is 0 Å². The Morgan fingerprint density at radius 1 is 1.11 bits per heavy atom. The van der Waals surface area contributed by atoms with Gasteiger partial charge >= 0.3 is 6.01 Å². The number of aromatic nitrogens is 3. The maximum atomic E-state index is 17.1. The highest BCUT2D eigenvalue weighted by Crippen LogP contribution is 2.45. The zero-order valence-corrected chi connectivity index (χ0v) is 25.4. The first-order valence-electron chi connectivity index (χ1n) is 16.3. The lowest BCUT2D eigenvalue weighted by molar-refractivity contribution is 0.107. The molecule has 0 radical (unpaired) electrons. The molecule has 9 nitrogen and oxygen atoms in total. The zero-order valence-electron chi connectivity index (χ0n) is 25.4. The molecule has 0 bridgehead atoms. The standard InChI is InChI=1S/C34H35F3N6O3/c35-20-13-34(6-1-8-42(34)15-20)17-46-33-40-30-27-31(41-33)43-9-7-38-14-21(43)16-45-32(27)39-29(28(30)37)24-12-22(44)11-19-4-5-25(36)23(26(19)24)10-18-2-3-18/h4-5,11-12,18,20-21,38,44H,1-3,6-10,13-17H2/t20-,21+,34+/m1/s1. The molecule has 240 valence electrons. The summed E-state index contributed by atoms with van der Waals surface area (Å²) in [7, 11) is 0. The number of phenolic OH excluding ortho intramolecular Hbond substituents is 1. The monoisotopic (exact) mass is 632 g/mol. The third-order valence-corrected chi connectivity index (χ3v) is 10.6. The van der Waals surface area contributed by atoms with E-state index >= 15 is 8.78 Å². The molecule has 4 fully saturated rings. The van der Waals surface area contributed by atoms with Crippen LogP contribution in [0.5, 0.6) is 17.6 Å². The first-order valence-corrected chi connectivity index (χ1v) is 16.3. The van der Waals surface area contributed by atoms with Gasteiger partial charge in [0.25, 0.3) is 0 Å². The van der Waals surface area contributed by atoms with Crippen molar-refractivity contribution in [3.63, 3.8) is 0 Å². The lowest BCUT2D eigenvalue weighted by Gasteiger charge is -2.35. The normalized spacial score (nSPS) is 25.8. The first-order chi connectivity index (χ1) is 22.4. The molecule has 46 heavy (non-hydrogen) atoms. The molecule has 3 saturated heterocycles. The lowest BCUT2D eigenvalue weighted by atomic mass is 9.93. The number of nitrogens with one attached hydrogen (secondary N) is 1. The number of hydrogen-bond acceptors (Lipinski definition) is 9. The molecule has 1 aliphatic carbocycles. The highest BCUT2D eigenvalue weighted by atomic mass is 19.1. The number of ether oxygens (including phenoxy) is 2. The van der Waals surface area contributed by atoms with Crippen LogP contribution in [0.3, 0.4) is 0 Å². The molecular formula is C34H35F3N6O3. The van der Waals surface area contributed by atoms with E-state index in [2.05, 4.69) is 20.1 Å². The van der Waals surface area contributed by atoms with Gasteiger partial charge in [0.05, 0.1) is 11.6 Å². The maximum Gasteiger partial charge on any atom is 0.319 e. The average Bonchev–Trinajstić information content (AvgIpc) is 3.74. The smallest absolute Gasteiger partial charge is 0.319 e. The van der Waals surface area contributed by atoms with Crippen LogP contribution >= 0.6 is 0 Å². The molecule has 1 saturated carbocycles. The van der Waals surface area contributed by atoms with Gasteiger partial charge in [0.15, 0.2) is 5.82 Å². The predicted molar refractivity (Wildman–Crippen MR) is 166 cm³/mol. The number of fused-ring (bicyclic) bond motifs is 4. The van der Waals surface area contributed by atoms with Crippen molar-refractivity contribution in [3.8, 4) is 28.9 Å². The second-order valence-corrected chi connectivity index (χ2v) is 13.6. The Labute approximate surface area is 263 Å². The van der Waals surface area contributed by atoms with Crippen LogP contribution < -0.4 is 19.7 Å². The van der Waals surface area contributed by atoms with Gasteiger partial charge in [0, 0.05) is 38.2 Å². The molecule has 12 heteroatoms. The van der Waals surface area contributed by atoms with E-state index in [9.17, 15) is 9.50 Å². The third kappa shape index (κ3) is 4.55. The summed E-state index contributed by atoms with van der Waals surface area (Å²) in [6.07, 6.45) is 3.81. The Balaban J connectivity index is 1.23. The number of alkyl halides is 1. The number of phenols is 1. The fourth-order valence-electron chi connectivity index (χ4n) is 8.17. The quantitative estimate of drug-likeness (QED) is 0.308. The van der Waals surface area contributed by atoms with Gasteiger partial charge in [-0.25, -0.2) is 18.2 Å². The van der Waals surface area contributed by atoms with Gasteiger partial charge < -0.3 is 24.8 Å². The van der Waals surface area contributed by atoms with E-state index in [1.165, 1.54) is 12.1 Å². The molecule has 2 N–H and O–H groups in total. The number of pyridine rings is 1. The van der Waals surface area contributed by atoms with Crippen molar-refractivity contribution in [2.75, 3.05) is 50.8 Å². The summed E-state index contributed by atoms with van der Waals surface area (Å²) < 4.78 is 59.5. The van der Waals surface area contributed by atoms with E-state index in [1.807, 2.05) is 0 Å². The van der Waals surface area contributed by atoms with E-state index in [0.717, 1.165) is 32.2 Å². The van der Waals surface area contributed by atoms with Crippen LogP contribution in [0.1, 0.15) is 37.7 Å². The van der Waals surface area contributed by atoms with Crippen molar-refractivity contribution in [3.05, 3.63) is 41.5 Å². The van der Waals surface area contributed by atoms with Gasteiger partial charge in [-0.15, -0.1) is 0 Å². The van der Waals surface area contributed by atoms with Crippen LogP contribution in [0, 0.1) is 17.6 Å². The zero-order chi connectivity index (χ0) is 31.2. The molecule has 6 heterocycles. The number of halogens is 3. The Morgan fingerprint density at radius 2 is 2.00 bits per heavy atom. The van der Waals surface area contributed by atoms with E-state index in [4.69, 9.17) is 19.4 Å². The molecular weight excluding hydrogens is 597 g/mol. The predicted octanol–water partition coefficient (Wildman–Crippen LogP) is 4.91. The van der Waals surface area contributed by atoms with Crippen LogP contribution in [0.25, 0.3) is 32.9 Å². The molecule has 0 amide bonds. The topological polar surface area (TPSA) is 95.9 Å². The lowest BCUT2D eigenvalue weighted by Crippen LogP contribution is -2.53.